The first-order valence-electron chi connectivity index (χ1n) is 11.6. The molecule has 0 spiro atoms. The van der Waals surface area contributed by atoms with Crippen LogP contribution in [0.25, 0.3) is 21.9 Å². The first-order chi connectivity index (χ1) is 17.0. The average molecular weight is 475 g/mol. The van der Waals surface area contributed by atoms with E-state index in [0.29, 0.717) is 40.4 Å². The number of rotatable bonds is 8. The van der Waals surface area contributed by atoms with Gasteiger partial charge in [0.1, 0.15) is 5.58 Å². The standard InChI is InChI=1S/C27H26N2O6/c1-4-10-17-24-18(13-19-22(30)15-23(35-25(17)19)27(32)34-6-3)20(28-16-11-8-7-9-12-16)14-21(29-24)26(31)33-5-2/h7-9,11-15H,4-6,10H2,1-3H3,(H,28,29). The third-order valence-electron chi connectivity index (χ3n) is 5.41. The van der Waals surface area contributed by atoms with Crippen molar-refractivity contribution in [2.45, 2.75) is 33.6 Å². The fraction of sp³-hybridized carbons (Fsp3) is 0.259. The number of pyridine rings is 1. The van der Waals surface area contributed by atoms with E-state index in [1.54, 1.807) is 26.0 Å². The van der Waals surface area contributed by atoms with E-state index in [1.165, 1.54) is 0 Å². The molecule has 0 aliphatic carbocycles. The van der Waals surface area contributed by atoms with E-state index in [9.17, 15) is 14.4 Å². The van der Waals surface area contributed by atoms with Crippen molar-refractivity contribution in [3.63, 3.8) is 0 Å². The topological polar surface area (TPSA) is 108 Å². The monoisotopic (exact) mass is 474 g/mol. The van der Waals surface area contributed by atoms with Gasteiger partial charge in [-0.3, -0.25) is 4.79 Å². The molecule has 0 unspecified atom stereocenters. The molecule has 0 saturated carbocycles. The number of esters is 2. The highest BCUT2D eigenvalue weighted by molar-refractivity contribution is 6.06. The molecule has 0 fully saturated rings. The summed E-state index contributed by atoms with van der Waals surface area (Å²) in [6.45, 7) is 5.74. The van der Waals surface area contributed by atoms with Gasteiger partial charge in [0, 0.05) is 22.7 Å². The molecule has 4 aromatic rings. The largest absolute Gasteiger partial charge is 0.461 e. The van der Waals surface area contributed by atoms with Crippen molar-refractivity contribution in [1.82, 2.24) is 4.98 Å². The molecule has 4 rings (SSSR count). The Kier molecular flexibility index (Phi) is 7.10. The second-order valence-electron chi connectivity index (χ2n) is 7.84. The summed E-state index contributed by atoms with van der Waals surface area (Å²) in [6, 6.07) is 13.9. The number of hydrogen-bond acceptors (Lipinski definition) is 8. The van der Waals surface area contributed by atoms with Crippen LogP contribution < -0.4 is 10.7 Å². The Labute approximate surface area is 201 Å². The van der Waals surface area contributed by atoms with Gasteiger partial charge in [-0.15, -0.1) is 0 Å². The Hall–Kier alpha value is -4.20. The molecule has 2 aromatic heterocycles. The first-order valence-corrected chi connectivity index (χ1v) is 11.6. The molecule has 0 saturated heterocycles. The van der Waals surface area contributed by atoms with Crippen LogP contribution in [-0.4, -0.2) is 30.1 Å². The van der Waals surface area contributed by atoms with Crippen LogP contribution in [0.5, 0.6) is 0 Å². The SMILES string of the molecule is CCCc1c2nc(C(=O)OCC)cc(Nc3ccccc3)c2cc2c(=O)cc(C(=O)OCC)oc12. The number of benzene rings is 2. The number of nitrogens with one attached hydrogen (secondary N) is 1. The number of fused-ring (bicyclic) bond motifs is 2. The lowest BCUT2D eigenvalue weighted by Crippen LogP contribution is -2.12. The molecule has 0 atom stereocenters. The zero-order chi connectivity index (χ0) is 24.9. The summed E-state index contributed by atoms with van der Waals surface area (Å²) in [6.07, 6.45) is 1.22. The minimum Gasteiger partial charge on any atom is -0.461 e. The van der Waals surface area contributed by atoms with Gasteiger partial charge in [-0.2, -0.15) is 0 Å². The summed E-state index contributed by atoms with van der Waals surface area (Å²) in [4.78, 5) is 42.6. The zero-order valence-electron chi connectivity index (χ0n) is 19.8. The number of aromatic nitrogens is 1. The molecular weight excluding hydrogens is 448 g/mol. The predicted octanol–water partition coefficient (Wildman–Crippen LogP) is 5.39. The van der Waals surface area contributed by atoms with E-state index < -0.39 is 11.9 Å². The van der Waals surface area contributed by atoms with Crippen LogP contribution in [0.15, 0.2) is 57.7 Å². The predicted molar refractivity (Wildman–Crippen MR) is 133 cm³/mol. The molecule has 35 heavy (non-hydrogen) atoms. The van der Waals surface area contributed by atoms with Crippen LogP contribution in [0.3, 0.4) is 0 Å². The molecule has 0 aliphatic rings. The maximum absolute atomic E-state index is 13.1. The van der Waals surface area contributed by atoms with Crippen LogP contribution in [0.2, 0.25) is 0 Å². The Morgan fingerprint density at radius 1 is 0.943 bits per heavy atom. The first kappa shape index (κ1) is 23.9. The van der Waals surface area contributed by atoms with Crippen LogP contribution in [-0.2, 0) is 15.9 Å². The minimum atomic E-state index is -0.714. The third kappa shape index (κ3) is 4.87. The van der Waals surface area contributed by atoms with Crippen LogP contribution >= 0.6 is 0 Å². The van der Waals surface area contributed by atoms with Gasteiger partial charge < -0.3 is 19.2 Å². The van der Waals surface area contributed by atoms with E-state index in [4.69, 9.17) is 13.9 Å². The lowest BCUT2D eigenvalue weighted by atomic mass is 9.99. The number of carbonyl (C=O) groups is 2. The fourth-order valence-corrected chi connectivity index (χ4v) is 3.92. The molecule has 1 N–H and O–H groups in total. The summed E-state index contributed by atoms with van der Waals surface area (Å²) in [5.41, 5.74) is 2.54. The van der Waals surface area contributed by atoms with Gasteiger partial charge >= 0.3 is 11.9 Å². The van der Waals surface area contributed by atoms with Crippen molar-refractivity contribution in [2.24, 2.45) is 0 Å². The quantitative estimate of drug-likeness (QED) is 0.267. The third-order valence-corrected chi connectivity index (χ3v) is 5.41. The van der Waals surface area contributed by atoms with Crippen molar-refractivity contribution < 1.29 is 23.5 Å². The van der Waals surface area contributed by atoms with Gasteiger partial charge in [0.25, 0.3) is 0 Å². The van der Waals surface area contributed by atoms with E-state index in [2.05, 4.69) is 10.3 Å². The highest BCUT2D eigenvalue weighted by Crippen LogP contribution is 2.34. The summed E-state index contributed by atoms with van der Waals surface area (Å²) < 4.78 is 16.1. The number of nitrogens with zero attached hydrogens (tertiary/aromatic N) is 1. The van der Waals surface area contributed by atoms with Crippen molar-refractivity contribution in [1.29, 1.82) is 0 Å². The Morgan fingerprint density at radius 3 is 2.34 bits per heavy atom. The summed E-state index contributed by atoms with van der Waals surface area (Å²) in [7, 11) is 0. The van der Waals surface area contributed by atoms with Crippen LogP contribution in [0.1, 0.15) is 53.8 Å². The molecule has 0 aliphatic heterocycles. The summed E-state index contributed by atoms with van der Waals surface area (Å²) in [5, 5.41) is 4.29. The smallest absolute Gasteiger partial charge is 0.374 e. The zero-order valence-corrected chi connectivity index (χ0v) is 19.8. The highest BCUT2D eigenvalue weighted by Gasteiger charge is 2.22. The van der Waals surface area contributed by atoms with Crippen molar-refractivity contribution in [2.75, 3.05) is 18.5 Å². The van der Waals surface area contributed by atoms with E-state index in [-0.39, 0.29) is 35.7 Å². The lowest BCUT2D eigenvalue weighted by molar-refractivity contribution is 0.0488. The molecule has 0 bridgehead atoms. The lowest BCUT2D eigenvalue weighted by Gasteiger charge is -2.16. The number of ether oxygens (including phenoxy) is 2. The molecule has 0 radical (unpaired) electrons. The molecule has 0 amide bonds. The maximum Gasteiger partial charge on any atom is 0.374 e. The number of aryl methyl sites for hydroxylation is 1. The normalized spacial score (nSPS) is 10.9. The molecule has 2 heterocycles. The molecular formula is C27H26N2O6. The number of hydrogen-bond donors (Lipinski definition) is 1. The van der Waals surface area contributed by atoms with Crippen LogP contribution in [0, 0.1) is 0 Å². The Morgan fingerprint density at radius 2 is 1.66 bits per heavy atom. The molecule has 8 heteroatoms. The average Bonchev–Trinajstić information content (AvgIpc) is 2.85. The van der Waals surface area contributed by atoms with E-state index >= 15 is 0 Å². The molecule has 2 aromatic carbocycles. The number of para-hydroxylation sites is 1. The van der Waals surface area contributed by atoms with Gasteiger partial charge in [0.2, 0.25) is 5.76 Å². The van der Waals surface area contributed by atoms with Crippen molar-refractivity contribution in [3.05, 3.63) is 75.8 Å². The Bertz CT molecular complexity index is 1460. The van der Waals surface area contributed by atoms with E-state index in [0.717, 1.165) is 11.8 Å². The summed E-state index contributed by atoms with van der Waals surface area (Å²) in [5.74, 6) is -1.45. The Balaban J connectivity index is 2.06. The maximum atomic E-state index is 13.1. The van der Waals surface area contributed by atoms with Gasteiger partial charge in [0.15, 0.2) is 11.1 Å². The van der Waals surface area contributed by atoms with Gasteiger partial charge in [-0.1, -0.05) is 31.5 Å². The fourth-order valence-electron chi connectivity index (χ4n) is 3.92. The highest BCUT2D eigenvalue weighted by atomic mass is 16.5. The minimum absolute atomic E-state index is 0.123. The molecule has 8 nitrogen and oxygen atoms in total. The van der Waals surface area contributed by atoms with Gasteiger partial charge in [0.05, 0.1) is 29.8 Å². The molecule has 180 valence electrons. The van der Waals surface area contributed by atoms with Gasteiger partial charge in [-0.25, -0.2) is 14.6 Å². The van der Waals surface area contributed by atoms with E-state index in [1.807, 2.05) is 37.3 Å². The second kappa shape index (κ2) is 10.4. The van der Waals surface area contributed by atoms with Crippen molar-refractivity contribution >= 4 is 45.2 Å². The number of anilines is 2. The number of carbonyl (C=O) groups excluding carboxylic acids is 2. The van der Waals surface area contributed by atoms with Gasteiger partial charge in [-0.05, 0) is 44.5 Å². The second-order valence-corrected chi connectivity index (χ2v) is 7.84. The summed E-state index contributed by atoms with van der Waals surface area (Å²) >= 11 is 0. The van der Waals surface area contributed by atoms with Crippen molar-refractivity contribution in [3.8, 4) is 0 Å². The van der Waals surface area contributed by atoms with Crippen LogP contribution in [0.4, 0.5) is 11.4 Å².